The molecular weight excluding hydrogens is 223 g/mol. The van der Waals surface area contributed by atoms with Crippen molar-refractivity contribution in [3.8, 4) is 0 Å². The fourth-order valence-corrected chi connectivity index (χ4v) is 2.25. The lowest BCUT2D eigenvalue weighted by Crippen LogP contribution is -1.88. The molecule has 0 unspecified atom stereocenters. The predicted octanol–water partition coefficient (Wildman–Crippen LogP) is 3.10. The van der Waals surface area contributed by atoms with Gasteiger partial charge in [0, 0.05) is 28.7 Å². The van der Waals surface area contributed by atoms with Crippen LogP contribution in [0.15, 0.2) is 47.6 Å². The topological polar surface area (TPSA) is 38.9 Å². The summed E-state index contributed by atoms with van der Waals surface area (Å²) in [7, 11) is 0. The minimum absolute atomic E-state index is 0.294. The second-order valence-corrected chi connectivity index (χ2v) is 4.41. The Balaban J connectivity index is 2.05. The minimum atomic E-state index is -0.294. The van der Waals surface area contributed by atoms with Gasteiger partial charge in [-0.2, -0.15) is 0 Å². The van der Waals surface area contributed by atoms with Gasteiger partial charge < -0.3 is 5.73 Å². The Morgan fingerprint density at radius 1 is 1.19 bits per heavy atom. The molecule has 0 aliphatic carbocycles. The number of nitrogens with zero attached hydrogens (tertiary/aromatic N) is 1. The molecule has 0 atom stereocenters. The number of aromatic nitrogens is 1. The molecule has 0 radical (unpaired) electrons. The van der Waals surface area contributed by atoms with Crippen LogP contribution in [0.5, 0.6) is 0 Å². The molecule has 0 fully saturated rings. The van der Waals surface area contributed by atoms with Crippen LogP contribution in [0.4, 0.5) is 10.1 Å². The summed E-state index contributed by atoms with van der Waals surface area (Å²) in [5.41, 5.74) is 7.18. The zero-order chi connectivity index (χ0) is 11.4. The van der Waals surface area contributed by atoms with Gasteiger partial charge in [-0.1, -0.05) is 0 Å². The molecule has 16 heavy (non-hydrogen) atoms. The van der Waals surface area contributed by atoms with Crippen LogP contribution in [0.25, 0.3) is 0 Å². The highest BCUT2D eigenvalue weighted by Gasteiger charge is 2.00. The van der Waals surface area contributed by atoms with Gasteiger partial charge in [0.25, 0.3) is 0 Å². The molecule has 2 aromatic rings. The Bertz CT molecular complexity index is 453. The summed E-state index contributed by atoms with van der Waals surface area (Å²) in [5.74, 6) is 0.489. The fourth-order valence-electron chi connectivity index (χ4n) is 1.31. The summed E-state index contributed by atoms with van der Waals surface area (Å²) in [6, 6.07) is 8.46. The van der Waals surface area contributed by atoms with Crippen LogP contribution in [-0.4, -0.2) is 4.98 Å². The lowest BCUT2D eigenvalue weighted by molar-refractivity contribution is 0.625. The van der Waals surface area contributed by atoms with Gasteiger partial charge in [-0.05, 0) is 35.9 Å². The van der Waals surface area contributed by atoms with Crippen molar-refractivity contribution >= 4 is 17.4 Å². The highest BCUT2D eigenvalue weighted by Crippen LogP contribution is 2.25. The summed E-state index contributed by atoms with van der Waals surface area (Å²) < 4.78 is 13.1. The average molecular weight is 234 g/mol. The molecule has 0 amide bonds. The number of anilines is 1. The van der Waals surface area contributed by atoms with Crippen molar-refractivity contribution in [1.29, 1.82) is 0 Å². The number of nitrogens with two attached hydrogens (primary N) is 1. The Kier molecular flexibility index (Phi) is 3.41. The molecule has 2 N–H and O–H groups in total. The molecule has 1 aromatic carbocycles. The summed E-state index contributed by atoms with van der Waals surface area (Å²) in [4.78, 5) is 4.78. The Hall–Kier alpha value is -1.55. The molecule has 2 rings (SSSR count). The fraction of sp³-hybridized carbons (Fsp3) is 0.0833. The number of nitrogen functional groups attached to an aromatic ring is 1. The van der Waals surface area contributed by atoms with Crippen LogP contribution in [0.3, 0.4) is 0 Å². The number of pyridine rings is 1. The van der Waals surface area contributed by atoms with Gasteiger partial charge in [-0.3, -0.25) is 4.98 Å². The molecule has 0 aliphatic heterocycles. The lowest BCUT2D eigenvalue weighted by atomic mass is 10.3. The van der Waals surface area contributed by atoms with Crippen molar-refractivity contribution in [2.45, 2.75) is 10.6 Å². The van der Waals surface area contributed by atoms with Gasteiger partial charge in [-0.25, -0.2) is 4.39 Å². The third-order valence-electron chi connectivity index (χ3n) is 2.05. The number of hydrogen-bond donors (Lipinski definition) is 1. The quantitative estimate of drug-likeness (QED) is 0.655. The van der Waals surface area contributed by atoms with E-state index >= 15 is 0 Å². The standard InChI is InChI=1S/C12H11FN2S/c13-10-5-11(14)7-12(6-10)16-8-9-1-3-15-4-2-9/h1-7H,8,14H2. The van der Waals surface area contributed by atoms with Crippen LogP contribution >= 0.6 is 11.8 Å². The van der Waals surface area contributed by atoms with Crippen LogP contribution in [-0.2, 0) is 5.75 Å². The first kappa shape index (κ1) is 11.0. The van der Waals surface area contributed by atoms with Crippen molar-refractivity contribution in [3.63, 3.8) is 0 Å². The second kappa shape index (κ2) is 4.99. The summed E-state index contributed by atoms with van der Waals surface area (Å²) in [5, 5.41) is 0. The predicted molar refractivity (Wildman–Crippen MR) is 64.6 cm³/mol. The minimum Gasteiger partial charge on any atom is -0.399 e. The van der Waals surface area contributed by atoms with E-state index in [-0.39, 0.29) is 5.82 Å². The van der Waals surface area contributed by atoms with Crippen molar-refractivity contribution < 1.29 is 4.39 Å². The van der Waals surface area contributed by atoms with Gasteiger partial charge in [0.05, 0.1) is 0 Å². The van der Waals surface area contributed by atoms with Crippen molar-refractivity contribution in [2.24, 2.45) is 0 Å². The van der Waals surface area contributed by atoms with E-state index in [4.69, 9.17) is 5.73 Å². The van der Waals surface area contributed by atoms with Gasteiger partial charge in [0.15, 0.2) is 0 Å². The molecular formula is C12H11FN2S. The van der Waals surface area contributed by atoms with Crippen LogP contribution < -0.4 is 5.73 Å². The third-order valence-corrected chi connectivity index (χ3v) is 3.10. The van der Waals surface area contributed by atoms with E-state index in [0.717, 1.165) is 16.2 Å². The first-order valence-corrected chi connectivity index (χ1v) is 5.80. The summed E-state index contributed by atoms with van der Waals surface area (Å²) in [6.45, 7) is 0. The van der Waals surface area contributed by atoms with E-state index in [1.165, 1.54) is 12.1 Å². The van der Waals surface area contributed by atoms with Crippen molar-refractivity contribution in [1.82, 2.24) is 4.98 Å². The Morgan fingerprint density at radius 2 is 1.94 bits per heavy atom. The van der Waals surface area contributed by atoms with Crippen LogP contribution in [0.1, 0.15) is 5.56 Å². The van der Waals surface area contributed by atoms with E-state index in [1.807, 2.05) is 12.1 Å². The molecule has 0 spiro atoms. The van der Waals surface area contributed by atoms with E-state index < -0.39 is 0 Å². The van der Waals surface area contributed by atoms with E-state index in [9.17, 15) is 4.39 Å². The number of rotatable bonds is 3. The zero-order valence-electron chi connectivity index (χ0n) is 8.56. The van der Waals surface area contributed by atoms with Gasteiger partial charge >= 0.3 is 0 Å². The molecule has 0 bridgehead atoms. The van der Waals surface area contributed by atoms with Crippen LogP contribution in [0, 0.1) is 5.82 Å². The number of halogens is 1. The van der Waals surface area contributed by atoms with Crippen molar-refractivity contribution in [3.05, 3.63) is 54.1 Å². The molecule has 0 saturated carbocycles. The Morgan fingerprint density at radius 3 is 2.62 bits per heavy atom. The first-order chi connectivity index (χ1) is 7.74. The molecule has 0 saturated heterocycles. The van der Waals surface area contributed by atoms with Crippen molar-refractivity contribution in [2.75, 3.05) is 5.73 Å². The number of thioether (sulfide) groups is 1. The maximum atomic E-state index is 13.1. The highest BCUT2D eigenvalue weighted by molar-refractivity contribution is 7.98. The summed E-state index contributed by atoms with van der Waals surface area (Å²) in [6.07, 6.45) is 3.49. The smallest absolute Gasteiger partial charge is 0.126 e. The largest absolute Gasteiger partial charge is 0.399 e. The van der Waals surface area contributed by atoms with E-state index in [2.05, 4.69) is 4.98 Å². The van der Waals surface area contributed by atoms with E-state index in [0.29, 0.717) is 5.69 Å². The van der Waals surface area contributed by atoms with Gasteiger partial charge in [0.2, 0.25) is 0 Å². The van der Waals surface area contributed by atoms with E-state index in [1.54, 1.807) is 30.2 Å². The molecule has 1 aromatic heterocycles. The summed E-state index contributed by atoms with van der Waals surface area (Å²) >= 11 is 1.55. The molecule has 1 heterocycles. The zero-order valence-corrected chi connectivity index (χ0v) is 9.38. The van der Waals surface area contributed by atoms with Gasteiger partial charge in [-0.15, -0.1) is 11.8 Å². The molecule has 0 aliphatic rings. The SMILES string of the molecule is Nc1cc(F)cc(SCc2ccncc2)c1. The van der Waals surface area contributed by atoms with Gasteiger partial charge in [0.1, 0.15) is 5.82 Å². The molecule has 2 nitrogen and oxygen atoms in total. The normalized spacial score (nSPS) is 10.3. The second-order valence-electron chi connectivity index (χ2n) is 3.36. The maximum Gasteiger partial charge on any atom is 0.126 e. The Labute approximate surface area is 97.7 Å². The van der Waals surface area contributed by atoms with Crippen LogP contribution in [0.2, 0.25) is 0 Å². The average Bonchev–Trinajstić information content (AvgIpc) is 2.27. The third kappa shape index (κ3) is 2.97. The maximum absolute atomic E-state index is 13.1. The molecule has 82 valence electrons. The number of hydrogen-bond acceptors (Lipinski definition) is 3. The molecule has 4 heteroatoms. The lowest BCUT2D eigenvalue weighted by Gasteiger charge is -2.03. The monoisotopic (exact) mass is 234 g/mol. The number of benzene rings is 1. The first-order valence-electron chi connectivity index (χ1n) is 4.82. The highest BCUT2D eigenvalue weighted by atomic mass is 32.2.